The van der Waals surface area contributed by atoms with Crippen molar-refractivity contribution in [2.24, 2.45) is 0 Å². The van der Waals surface area contributed by atoms with Crippen LogP contribution in [0.5, 0.6) is 0 Å². The number of hydrazine groups is 1. The standard InChI is InChI=1S/C13H16N4O4S/c1-13(2)11(20)17(12(21)14-13)5-3-9(18)15-16-10(19)8-4-6-22-7-8/h4,6-7H,3,5H2,1-2H3,(H,14,21)(H,15,18)(H,16,19). The van der Waals surface area contributed by atoms with Gasteiger partial charge in [0, 0.05) is 18.3 Å². The predicted molar refractivity (Wildman–Crippen MR) is 78.9 cm³/mol. The lowest BCUT2D eigenvalue weighted by molar-refractivity contribution is -0.130. The average Bonchev–Trinajstić information content (AvgIpc) is 3.03. The summed E-state index contributed by atoms with van der Waals surface area (Å²) < 4.78 is 0. The van der Waals surface area contributed by atoms with Crippen molar-refractivity contribution in [3.05, 3.63) is 22.4 Å². The molecule has 0 radical (unpaired) electrons. The van der Waals surface area contributed by atoms with Crippen LogP contribution in [0.25, 0.3) is 0 Å². The highest BCUT2D eigenvalue weighted by Gasteiger charge is 2.43. The Kier molecular flexibility index (Phi) is 4.45. The molecule has 0 aromatic carbocycles. The molecule has 1 aliphatic heterocycles. The molecule has 0 bridgehead atoms. The minimum Gasteiger partial charge on any atom is -0.324 e. The first-order valence-electron chi connectivity index (χ1n) is 6.57. The van der Waals surface area contributed by atoms with Gasteiger partial charge < -0.3 is 5.32 Å². The molecule has 1 fully saturated rings. The zero-order valence-corrected chi connectivity index (χ0v) is 13.0. The van der Waals surface area contributed by atoms with Gasteiger partial charge in [-0.05, 0) is 25.3 Å². The summed E-state index contributed by atoms with van der Waals surface area (Å²) in [4.78, 5) is 47.8. The van der Waals surface area contributed by atoms with Crippen LogP contribution < -0.4 is 16.2 Å². The molecule has 2 rings (SSSR count). The smallest absolute Gasteiger partial charge is 0.324 e. The van der Waals surface area contributed by atoms with E-state index in [4.69, 9.17) is 0 Å². The Hall–Kier alpha value is -2.42. The summed E-state index contributed by atoms with van der Waals surface area (Å²) in [7, 11) is 0. The molecular formula is C13H16N4O4S. The number of amides is 5. The van der Waals surface area contributed by atoms with E-state index in [-0.39, 0.29) is 18.9 Å². The van der Waals surface area contributed by atoms with E-state index in [9.17, 15) is 19.2 Å². The molecule has 3 N–H and O–H groups in total. The maximum absolute atomic E-state index is 11.9. The van der Waals surface area contributed by atoms with E-state index in [1.165, 1.54) is 11.3 Å². The Labute approximate surface area is 130 Å². The van der Waals surface area contributed by atoms with E-state index in [2.05, 4.69) is 16.2 Å². The molecule has 9 heteroatoms. The first-order chi connectivity index (χ1) is 10.3. The van der Waals surface area contributed by atoms with Crippen LogP contribution in [0, 0.1) is 0 Å². The largest absolute Gasteiger partial charge is 0.325 e. The highest BCUT2D eigenvalue weighted by atomic mass is 32.1. The highest BCUT2D eigenvalue weighted by Crippen LogP contribution is 2.16. The summed E-state index contributed by atoms with van der Waals surface area (Å²) in [5.41, 5.74) is 3.99. The number of nitrogens with zero attached hydrogens (tertiary/aromatic N) is 1. The molecular weight excluding hydrogens is 308 g/mol. The first kappa shape index (κ1) is 16.0. The molecule has 0 atom stereocenters. The van der Waals surface area contributed by atoms with Gasteiger partial charge in [0.05, 0.1) is 5.56 Å². The lowest BCUT2D eigenvalue weighted by atomic mass is 10.1. The van der Waals surface area contributed by atoms with Crippen molar-refractivity contribution in [1.82, 2.24) is 21.1 Å². The number of nitrogens with one attached hydrogen (secondary N) is 3. The second-order valence-electron chi connectivity index (χ2n) is 5.28. The number of thiophene rings is 1. The molecule has 0 spiro atoms. The number of hydrogen-bond acceptors (Lipinski definition) is 5. The van der Waals surface area contributed by atoms with Gasteiger partial charge in [-0.1, -0.05) is 0 Å². The summed E-state index contributed by atoms with van der Waals surface area (Å²) in [5, 5.41) is 5.92. The van der Waals surface area contributed by atoms with Crippen LogP contribution >= 0.6 is 11.3 Å². The second-order valence-corrected chi connectivity index (χ2v) is 6.06. The van der Waals surface area contributed by atoms with Crippen LogP contribution in [-0.4, -0.2) is 40.7 Å². The van der Waals surface area contributed by atoms with Crippen LogP contribution in [0.15, 0.2) is 16.8 Å². The number of rotatable bonds is 4. The van der Waals surface area contributed by atoms with Gasteiger partial charge in [0.15, 0.2) is 0 Å². The van der Waals surface area contributed by atoms with Gasteiger partial charge in [-0.3, -0.25) is 30.1 Å². The summed E-state index contributed by atoms with van der Waals surface area (Å²) in [6, 6.07) is 1.10. The van der Waals surface area contributed by atoms with E-state index in [1.54, 1.807) is 30.7 Å². The van der Waals surface area contributed by atoms with Crippen molar-refractivity contribution in [3.63, 3.8) is 0 Å². The van der Waals surface area contributed by atoms with E-state index >= 15 is 0 Å². The molecule has 1 aromatic heterocycles. The van der Waals surface area contributed by atoms with Crippen molar-refractivity contribution in [2.45, 2.75) is 25.8 Å². The molecule has 5 amide bonds. The lowest BCUT2D eigenvalue weighted by Crippen LogP contribution is -2.43. The van der Waals surface area contributed by atoms with E-state index in [0.29, 0.717) is 5.56 Å². The van der Waals surface area contributed by atoms with Crippen LogP contribution in [-0.2, 0) is 9.59 Å². The molecule has 1 saturated heterocycles. The van der Waals surface area contributed by atoms with Crippen molar-refractivity contribution in [1.29, 1.82) is 0 Å². The fraction of sp³-hybridized carbons (Fsp3) is 0.385. The van der Waals surface area contributed by atoms with E-state index in [0.717, 1.165) is 4.90 Å². The lowest BCUT2D eigenvalue weighted by Gasteiger charge is -2.15. The molecule has 1 aromatic rings. The molecule has 8 nitrogen and oxygen atoms in total. The number of imide groups is 1. The second kappa shape index (κ2) is 6.14. The third-order valence-corrected chi connectivity index (χ3v) is 3.79. The molecule has 1 aliphatic rings. The van der Waals surface area contributed by atoms with Crippen molar-refractivity contribution in [2.75, 3.05) is 6.54 Å². The molecule has 0 aliphatic carbocycles. The van der Waals surface area contributed by atoms with Crippen LogP contribution in [0.2, 0.25) is 0 Å². The summed E-state index contributed by atoms with van der Waals surface area (Å²) in [6.07, 6.45) is -0.0981. The quantitative estimate of drug-likeness (QED) is 0.544. The Bertz CT molecular complexity index is 612. The Morgan fingerprint density at radius 1 is 1.32 bits per heavy atom. The Morgan fingerprint density at radius 2 is 2.05 bits per heavy atom. The SMILES string of the molecule is CC1(C)NC(=O)N(CCC(=O)NNC(=O)c2ccsc2)C1=O. The minimum atomic E-state index is -0.958. The van der Waals surface area contributed by atoms with Gasteiger partial charge in [0.2, 0.25) is 5.91 Å². The minimum absolute atomic E-state index is 0.0474. The first-order valence-corrected chi connectivity index (χ1v) is 7.51. The third kappa shape index (κ3) is 3.42. The van der Waals surface area contributed by atoms with Gasteiger partial charge in [-0.25, -0.2) is 4.79 Å². The number of carbonyl (C=O) groups excluding carboxylic acids is 4. The van der Waals surface area contributed by atoms with Gasteiger partial charge in [-0.2, -0.15) is 11.3 Å². The van der Waals surface area contributed by atoms with E-state index < -0.39 is 23.4 Å². The molecule has 0 unspecified atom stereocenters. The normalized spacial score (nSPS) is 16.4. The fourth-order valence-corrected chi connectivity index (χ4v) is 2.53. The molecule has 2 heterocycles. The van der Waals surface area contributed by atoms with Crippen molar-refractivity contribution in [3.8, 4) is 0 Å². The number of carbonyl (C=O) groups is 4. The topological polar surface area (TPSA) is 108 Å². The van der Waals surface area contributed by atoms with Gasteiger partial charge in [-0.15, -0.1) is 0 Å². The van der Waals surface area contributed by atoms with Gasteiger partial charge in [0.1, 0.15) is 5.54 Å². The average molecular weight is 324 g/mol. The van der Waals surface area contributed by atoms with Gasteiger partial charge >= 0.3 is 6.03 Å². The zero-order valence-electron chi connectivity index (χ0n) is 12.1. The predicted octanol–water partition coefficient (Wildman–Crippen LogP) is 0.230. The van der Waals surface area contributed by atoms with E-state index in [1.807, 2.05) is 0 Å². The molecule has 22 heavy (non-hydrogen) atoms. The van der Waals surface area contributed by atoms with Crippen LogP contribution in [0.4, 0.5) is 4.79 Å². The van der Waals surface area contributed by atoms with Crippen molar-refractivity contribution < 1.29 is 19.2 Å². The third-order valence-electron chi connectivity index (χ3n) is 3.11. The molecule has 118 valence electrons. The fourth-order valence-electron chi connectivity index (χ4n) is 1.89. The van der Waals surface area contributed by atoms with Crippen LogP contribution in [0.3, 0.4) is 0 Å². The van der Waals surface area contributed by atoms with Crippen molar-refractivity contribution >= 4 is 35.1 Å². The number of urea groups is 1. The monoisotopic (exact) mass is 324 g/mol. The number of hydrogen-bond donors (Lipinski definition) is 3. The Morgan fingerprint density at radius 3 is 2.59 bits per heavy atom. The van der Waals surface area contributed by atoms with Gasteiger partial charge in [0.25, 0.3) is 11.8 Å². The summed E-state index contributed by atoms with van der Waals surface area (Å²) >= 11 is 1.37. The summed E-state index contributed by atoms with van der Waals surface area (Å²) in [6.45, 7) is 3.14. The molecule has 0 saturated carbocycles. The highest BCUT2D eigenvalue weighted by molar-refractivity contribution is 7.08. The zero-order chi connectivity index (χ0) is 16.3. The summed E-state index contributed by atoms with van der Waals surface area (Å²) in [5.74, 6) is -1.30. The maximum Gasteiger partial charge on any atom is 0.325 e. The Balaban J connectivity index is 1.78. The van der Waals surface area contributed by atoms with Crippen LogP contribution in [0.1, 0.15) is 30.6 Å². The maximum atomic E-state index is 11.9.